The Labute approximate surface area is 198 Å². The lowest BCUT2D eigenvalue weighted by molar-refractivity contribution is 0.0507. The second kappa shape index (κ2) is 11.8. The van der Waals surface area contributed by atoms with E-state index in [1.54, 1.807) is 0 Å². The fourth-order valence-electron chi connectivity index (χ4n) is 3.43. The summed E-state index contributed by atoms with van der Waals surface area (Å²) in [6, 6.07) is 2.17. The van der Waals surface area contributed by atoms with E-state index in [0.29, 0.717) is 5.92 Å². The summed E-state index contributed by atoms with van der Waals surface area (Å²) in [5.74, 6) is 1.28. The summed E-state index contributed by atoms with van der Waals surface area (Å²) in [6.45, 7) is 18.0. The molecule has 9 heteroatoms. The highest BCUT2D eigenvalue weighted by molar-refractivity contribution is 14.0. The van der Waals surface area contributed by atoms with Crippen molar-refractivity contribution in [3.63, 3.8) is 0 Å². The number of likely N-dealkylation sites (tertiary alicyclic amines) is 1. The van der Waals surface area contributed by atoms with Crippen molar-refractivity contribution in [2.75, 3.05) is 26.2 Å². The van der Waals surface area contributed by atoms with Crippen LogP contribution in [-0.2, 0) is 11.3 Å². The van der Waals surface area contributed by atoms with Gasteiger partial charge in [-0.2, -0.15) is 5.10 Å². The van der Waals surface area contributed by atoms with Gasteiger partial charge >= 0.3 is 6.09 Å². The average molecular weight is 534 g/mol. The van der Waals surface area contributed by atoms with Crippen LogP contribution in [0.25, 0.3) is 0 Å². The van der Waals surface area contributed by atoms with Crippen LogP contribution in [0.2, 0.25) is 0 Å². The molecule has 1 aromatic heterocycles. The molecule has 8 nitrogen and oxygen atoms in total. The fraction of sp³-hybridized carbons (Fsp3) is 0.762. The van der Waals surface area contributed by atoms with Gasteiger partial charge in [-0.15, -0.1) is 24.0 Å². The number of aromatic nitrogens is 2. The van der Waals surface area contributed by atoms with Crippen molar-refractivity contribution in [1.82, 2.24) is 25.3 Å². The normalized spacial score (nSPS) is 18.0. The highest BCUT2D eigenvalue weighted by atomic mass is 127. The van der Waals surface area contributed by atoms with Gasteiger partial charge in [-0.1, -0.05) is 6.92 Å². The molecule has 0 aliphatic carbocycles. The monoisotopic (exact) mass is 534 g/mol. The second-order valence-electron chi connectivity index (χ2n) is 8.99. The summed E-state index contributed by atoms with van der Waals surface area (Å²) in [4.78, 5) is 19.1. The molecule has 1 saturated heterocycles. The van der Waals surface area contributed by atoms with Gasteiger partial charge in [0.05, 0.1) is 11.7 Å². The van der Waals surface area contributed by atoms with Crippen LogP contribution in [0, 0.1) is 19.8 Å². The van der Waals surface area contributed by atoms with Crippen molar-refractivity contribution in [3.05, 3.63) is 17.5 Å². The summed E-state index contributed by atoms with van der Waals surface area (Å²) in [6.07, 6.45) is 0.523. The lowest BCUT2D eigenvalue weighted by Crippen LogP contribution is -2.44. The molecule has 0 spiro atoms. The molecule has 0 aromatic carbocycles. The molecule has 1 amide bonds. The lowest BCUT2D eigenvalue weighted by Gasteiger charge is -2.24. The van der Waals surface area contributed by atoms with Crippen molar-refractivity contribution < 1.29 is 9.53 Å². The number of rotatable bonds is 6. The summed E-state index contributed by atoms with van der Waals surface area (Å²) in [7, 11) is 0. The molecule has 2 N–H and O–H groups in total. The molecule has 1 aliphatic rings. The zero-order valence-corrected chi connectivity index (χ0v) is 21.8. The van der Waals surface area contributed by atoms with Crippen LogP contribution in [0.1, 0.15) is 52.4 Å². The van der Waals surface area contributed by atoms with Crippen LogP contribution in [0.5, 0.6) is 0 Å². The van der Waals surface area contributed by atoms with Crippen LogP contribution in [0.3, 0.4) is 0 Å². The SMILES string of the molecule is CCNC(=NCC(C)Cn1nc(C)cc1C)N1CCC(NC(=O)OC(C)(C)C)C1.I. The van der Waals surface area contributed by atoms with Crippen LogP contribution in [-0.4, -0.2) is 64.6 Å². The number of guanidine groups is 1. The van der Waals surface area contributed by atoms with Gasteiger partial charge in [0.15, 0.2) is 5.96 Å². The van der Waals surface area contributed by atoms with Crippen molar-refractivity contribution in [2.45, 2.75) is 73.1 Å². The summed E-state index contributed by atoms with van der Waals surface area (Å²) in [5.41, 5.74) is 1.74. The van der Waals surface area contributed by atoms with Gasteiger partial charge < -0.3 is 20.3 Å². The van der Waals surface area contributed by atoms with Gasteiger partial charge in [-0.05, 0) is 59.9 Å². The van der Waals surface area contributed by atoms with E-state index >= 15 is 0 Å². The number of halogens is 1. The third-order valence-corrected chi connectivity index (χ3v) is 4.68. The molecule has 2 atom stereocenters. The molecule has 0 saturated carbocycles. The highest BCUT2D eigenvalue weighted by Crippen LogP contribution is 2.13. The minimum absolute atomic E-state index is 0. The molecule has 2 rings (SSSR count). The van der Waals surface area contributed by atoms with E-state index in [2.05, 4.69) is 52.2 Å². The van der Waals surface area contributed by atoms with Crippen LogP contribution < -0.4 is 10.6 Å². The molecule has 0 bridgehead atoms. The van der Waals surface area contributed by atoms with Gasteiger partial charge in [0.1, 0.15) is 5.60 Å². The zero-order chi connectivity index (χ0) is 21.6. The molecule has 172 valence electrons. The van der Waals surface area contributed by atoms with E-state index in [9.17, 15) is 4.79 Å². The Morgan fingerprint density at radius 2 is 2.10 bits per heavy atom. The third kappa shape index (κ3) is 8.69. The van der Waals surface area contributed by atoms with Crippen molar-refractivity contribution in [1.29, 1.82) is 0 Å². The number of ether oxygens (including phenoxy) is 1. The number of hydrogen-bond donors (Lipinski definition) is 2. The molecule has 1 fully saturated rings. The first-order valence-corrected chi connectivity index (χ1v) is 10.6. The Balaban J connectivity index is 0.00000450. The number of nitrogens with zero attached hydrogens (tertiary/aromatic N) is 4. The average Bonchev–Trinajstić information content (AvgIpc) is 3.16. The molecular weight excluding hydrogens is 495 g/mol. The quantitative estimate of drug-likeness (QED) is 0.333. The minimum Gasteiger partial charge on any atom is -0.444 e. The predicted molar refractivity (Wildman–Crippen MR) is 132 cm³/mol. The number of aliphatic imine (C=N–C) groups is 1. The lowest BCUT2D eigenvalue weighted by atomic mass is 10.2. The number of alkyl carbamates (subject to hydrolysis) is 1. The maximum absolute atomic E-state index is 12.0. The molecule has 0 radical (unpaired) electrons. The van der Waals surface area contributed by atoms with E-state index in [1.807, 2.05) is 27.7 Å². The van der Waals surface area contributed by atoms with Crippen LogP contribution in [0.15, 0.2) is 11.1 Å². The zero-order valence-electron chi connectivity index (χ0n) is 19.5. The minimum atomic E-state index is -0.486. The molecule has 1 aliphatic heterocycles. The largest absolute Gasteiger partial charge is 0.444 e. The number of nitrogens with one attached hydrogen (secondary N) is 2. The van der Waals surface area contributed by atoms with Gasteiger partial charge in [0, 0.05) is 38.4 Å². The Morgan fingerprint density at radius 1 is 1.40 bits per heavy atom. The van der Waals surface area contributed by atoms with Crippen LogP contribution in [0.4, 0.5) is 4.79 Å². The Bertz CT molecular complexity index is 713. The van der Waals surface area contributed by atoms with E-state index in [4.69, 9.17) is 9.73 Å². The van der Waals surface area contributed by atoms with Crippen LogP contribution >= 0.6 is 24.0 Å². The second-order valence-corrected chi connectivity index (χ2v) is 8.99. The van der Waals surface area contributed by atoms with Gasteiger partial charge in [-0.3, -0.25) is 9.67 Å². The van der Waals surface area contributed by atoms with Crippen molar-refractivity contribution in [2.24, 2.45) is 10.9 Å². The Morgan fingerprint density at radius 3 is 2.67 bits per heavy atom. The van der Waals surface area contributed by atoms with E-state index < -0.39 is 5.60 Å². The van der Waals surface area contributed by atoms with Crippen molar-refractivity contribution >= 4 is 36.0 Å². The smallest absolute Gasteiger partial charge is 0.407 e. The standard InChI is InChI=1S/C21H38N6O2.HI/c1-8-22-19(23-12-15(2)13-27-17(4)11-16(3)25-27)26-10-9-18(14-26)24-20(28)29-21(5,6)7;/h11,15,18H,8-10,12-14H2,1-7H3,(H,22,23)(H,24,28);1H. The van der Waals surface area contributed by atoms with E-state index in [-0.39, 0.29) is 36.1 Å². The number of carbonyl (C=O) groups excluding carboxylic acids is 1. The molecule has 30 heavy (non-hydrogen) atoms. The molecule has 2 heterocycles. The number of carbonyl (C=O) groups is 1. The Hall–Kier alpha value is -1.52. The number of hydrogen-bond acceptors (Lipinski definition) is 4. The first kappa shape index (κ1) is 26.5. The third-order valence-electron chi connectivity index (χ3n) is 4.68. The Kier molecular flexibility index (Phi) is 10.4. The summed E-state index contributed by atoms with van der Waals surface area (Å²) in [5, 5.41) is 10.9. The highest BCUT2D eigenvalue weighted by Gasteiger charge is 2.28. The number of aryl methyl sites for hydroxylation is 2. The van der Waals surface area contributed by atoms with E-state index in [1.165, 1.54) is 5.69 Å². The predicted octanol–water partition coefficient (Wildman–Crippen LogP) is 3.32. The van der Waals surface area contributed by atoms with E-state index in [0.717, 1.165) is 50.8 Å². The van der Waals surface area contributed by atoms with Gasteiger partial charge in [0.2, 0.25) is 0 Å². The topological polar surface area (TPSA) is 83.8 Å². The van der Waals surface area contributed by atoms with Gasteiger partial charge in [0.25, 0.3) is 0 Å². The summed E-state index contributed by atoms with van der Waals surface area (Å²) < 4.78 is 7.42. The first-order valence-electron chi connectivity index (χ1n) is 10.6. The molecular formula is C21H39IN6O2. The number of amides is 1. The first-order chi connectivity index (χ1) is 13.6. The molecule has 2 unspecified atom stereocenters. The van der Waals surface area contributed by atoms with Gasteiger partial charge in [-0.25, -0.2) is 4.79 Å². The fourth-order valence-corrected chi connectivity index (χ4v) is 3.43. The maximum atomic E-state index is 12.0. The van der Waals surface area contributed by atoms with Crippen molar-refractivity contribution in [3.8, 4) is 0 Å². The maximum Gasteiger partial charge on any atom is 0.407 e. The molecule has 1 aromatic rings. The summed E-state index contributed by atoms with van der Waals surface area (Å²) >= 11 is 0.